The van der Waals surface area contributed by atoms with Crippen LogP contribution in [0.15, 0.2) is 29.3 Å². The lowest BCUT2D eigenvalue weighted by Crippen LogP contribution is -2.33. The summed E-state index contributed by atoms with van der Waals surface area (Å²) in [5.41, 5.74) is 6.02. The van der Waals surface area contributed by atoms with Crippen LogP contribution in [0.4, 0.5) is 0 Å². The first-order valence-electron chi connectivity index (χ1n) is 5.74. The van der Waals surface area contributed by atoms with Crippen LogP contribution in [0, 0.1) is 0 Å². The lowest BCUT2D eigenvalue weighted by Gasteiger charge is -2.04. The largest absolute Gasteiger partial charge is 0.508 e. The number of nitrogens with two attached hydrogens (primary N) is 1. The van der Waals surface area contributed by atoms with Gasteiger partial charge in [0.1, 0.15) is 5.75 Å². The van der Waals surface area contributed by atoms with Crippen LogP contribution in [-0.2, 0) is 0 Å². The summed E-state index contributed by atoms with van der Waals surface area (Å²) < 4.78 is 0. The molecule has 0 aliphatic rings. The molecule has 0 bridgehead atoms. The van der Waals surface area contributed by atoms with Crippen molar-refractivity contribution in [3.8, 4) is 5.75 Å². The number of phenols is 1. The molecule has 0 fully saturated rings. The minimum absolute atomic E-state index is 0.134. The summed E-state index contributed by atoms with van der Waals surface area (Å²) in [5, 5.41) is 14.7. The number of nitrogens with zero attached hydrogens (tertiary/aromatic N) is 1. The van der Waals surface area contributed by atoms with Crippen LogP contribution in [-0.4, -0.2) is 36.6 Å². The molecule has 0 spiro atoms. The monoisotopic (exact) mass is 250 g/mol. The van der Waals surface area contributed by atoms with Crippen LogP contribution in [0.1, 0.15) is 17.3 Å². The van der Waals surface area contributed by atoms with Crippen molar-refractivity contribution < 1.29 is 9.90 Å². The van der Waals surface area contributed by atoms with Crippen LogP contribution in [0.2, 0.25) is 0 Å². The van der Waals surface area contributed by atoms with Gasteiger partial charge in [-0.1, -0.05) is 0 Å². The zero-order chi connectivity index (χ0) is 13.4. The molecule has 0 saturated carbocycles. The number of benzene rings is 1. The molecule has 1 rings (SSSR count). The van der Waals surface area contributed by atoms with Gasteiger partial charge in [0, 0.05) is 18.7 Å². The Morgan fingerprint density at radius 2 is 2.00 bits per heavy atom. The highest BCUT2D eigenvalue weighted by molar-refractivity contribution is 5.94. The number of nitrogens with one attached hydrogen (secondary N) is 2. The molecule has 6 heteroatoms. The van der Waals surface area contributed by atoms with E-state index < -0.39 is 0 Å². The first-order valence-corrected chi connectivity index (χ1v) is 5.74. The predicted octanol–water partition coefficient (Wildman–Crippen LogP) is 0.0462. The molecule has 1 aromatic rings. The minimum atomic E-state index is -0.202. The number of aliphatic imine (C=N–C) groups is 1. The Bertz CT molecular complexity index is 415. The summed E-state index contributed by atoms with van der Waals surface area (Å²) in [4.78, 5) is 15.7. The van der Waals surface area contributed by atoms with Gasteiger partial charge in [-0.15, -0.1) is 0 Å². The molecule has 18 heavy (non-hydrogen) atoms. The van der Waals surface area contributed by atoms with Crippen molar-refractivity contribution in [2.45, 2.75) is 6.92 Å². The molecule has 0 atom stereocenters. The van der Waals surface area contributed by atoms with Crippen molar-refractivity contribution in [3.63, 3.8) is 0 Å². The summed E-state index contributed by atoms with van der Waals surface area (Å²) in [6.07, 6.45) is 0. The smallest absolute Gasteiger partial charge is 0.251 e. The summed E-state index contributed by atoms with van der Waals surface area (Å²) in [6, 6.07) is 6.05. The molecule has 0 aromatic heterocycles. The molecular weight excluding hydrogens is 232 g/mol. The first kappa shape index (κ1) is 13.8. The highest BCUT2D eigenvalue weighted by Gasteiger charge is 2.03. The molecule has 0 heterocycles. The van der Waals surface area contributed by atoms with Gasteiger partial charge in [-0.05, 0) is 31.2 Å². The van der Waals surface area contributed by atoms with Crippen LogP contribution in [0.25, 0.3) is 0 Å². The van der Waals surface area contributed by atoms with E-state index in [4.69, 9.17) is 10.8 Å². The Morgan fingerprint density at radius 3 is 2.61 bits per heavy atom. The van der Waals surface area contributed by atoms with Crippen LogP contribution in [0.3, 0.4) is 0 Å². The van der Waals surface area contributed by atoms with Gasteiger partial charge in [-0.3, -0.25) is 9.79 Å². The summed E-state index contributed by atoms with van der Waals surface area (Å²) in [6.45, 7) is 3.47. The number of guanidine groups is 1. The van der Waals surface area contributed by atoms with E-state index in [1.54, 1.807) is 12.1 Å². The van der Waals surface area contributed by atoms with Crippen molar-refractivity contribution in [2.24, 2.45) is 10.7 Å². The highest BCUT2D eigenvalue weighted by atomic mass is 16.3. The fourth-order valence-electron chi connectivity index (χ4n) is 1.30. The Labute approximate surface area is 106 Å². The molecule has 98 valence electrons. The quantitative estimate of drug-likeness (QED) is 0.337. The van der Waals surface area contributed by atoms with E-state index in [1.165, 1.54) is 12.1 Å². The molecule has 0 aliphatic carbocycles. The minimum Gasteiger partial charge on any atom is -0.508 e. The van der Waals surface area contributed by atoms with Crippen molar-refractivity contribution in [1.82, 2.24) is 10.6 Å². The maximum Gasteiger partial charge on any atom is 0.251 e. The molecule has 1 aromatic carbocycles. The molecule has 6 nitrogen and oxygen atoms in total. The molecule has 5 N–H and O–H groups in total. The van der Waals surface area contributed by atoms with Gasteiger partial charge < -0.3 is 21.5 Å². The van der Waals surface area contributed by atoms with E-state index in [0.29, 0.717) is 24.6 Å². The third-order valence-electron chi connectivity index (χ3n) is 2.17. The number of hydrogen-bond acceptors (Lipinski definition) is 3. The second-order valence-corrected chi connectivity index (χ2v) is 3.60. The number of carbonyl (C=O) groups is 1. The maximum absolute atomic E-state index is 11.6. The van der Waals surface area contributed by atoms with Gasteiger partial charge in [-0.2, -0.15) is 0 Å². The third-order valence-corrected chi connectivity index (χ3v) is 2.17. The van der Waals surface area contributed by atoms with Crippen molar-refractivity contribution in [3.05, 3.63) is 29.8 Å². The highest BCUT2D eigenvalue weighted by Crippen LogP contribution is 2.09. The molecular formula is C12H18N4O2. The second kappa shape index (κ2) is 7.16. The number of carbonyl (C=O) groups excluding carboxylic acids is 1. The molecule has 0 unspecified atom stereocenters. The van der Waals surface area contributed by atoms with Gasteiger partial charge >= 0.3 is 0 Å². The number of aromatic hydroxyl groups is 1. The lowest BCUT2D eigenvalue weighted by molar-refractivity contribution is 0.0955. The van der Waals surface area contributed by atoms with Crippen molar-refractivity contribution in [1.29, 1.82) is 0 Å². The van der Waals surface area contributed by atoms with Crippen molar-refractivity contribution >= 4 is 11.9 Å². The Hall–Kier alpha value is -2.24. The summed E-state index contributed by atoms with van der Waals surface area (Å²) in [7, 11) is 0. The van der Waals surface area contributed by atoms with E-state index in [0.717, 1.165) is 6.54 Å². The average Bonchev–Trinajstić information content (AvgIpc) is 2.35. The maximum atomic E-state index is 11.6. The number of amides is 1. The third kappa shape index (κ3) is 4.73. The fraction of sp³-hybridized carbons (Fsp3) is 0.333. The van der Waals surface area contributed by atoms with E-state index in [1.807, 2.05) is 6.92 Å². The number of rotatable bonds is 5. The zero-order valence-corrected chi connectivity index (χ0v) is 10.3. The van der Waals surface area contributed by atoms with Crippen LogP contribution in [0.5, 0.6) is 5.75 Å². The van der Waals surface area contributed by atoms with E-state index >= 15 is 0 Å². The Kier molecular flexibility index (Phi) is 5.50. The number of hydrogen-bond donors (Lipinski definition) is 4. The van der Waals surface area contributed by atoms with Gasteiger partial charge in [0.25, 0.3) is 5.91 Å². The second-order valence-electron chi connectivity index (χ2n) is 3.60. The van der Waals surface area contributed by atoms with E-state index in [2.05, 4.69) is 15.6 Å². The summed E-state index contributed by atoms with van der Waals surface area (Å²) in [5.74, 6) is 0.304. The van der Waals surface area contributed by atoms with Gasteiger partial charge in [0.2, 0.25) is 0 Å². The predicted molar refractivity (Wildman–Crippen MR) is 70.6 cm³/mol. The lowest BCUT2D eigenvalue weighted by atomic mass is 10.2. The topological polar surface area (TPSA) is 99.7 Å². The standard InChI is InChI=1S/C12H18N4O2/c1-2-14-12(13)16-8-7-15-11(18)9-3-5-10(17)6-4-9/h3-6,17H,2,7-8H2,1H3,(H,15,18)(H3,13,14,16). The van der Waals surface area contributed by atoms with E-state index in [9.17, 15) is 4.79 Å². The number of phenolic OH excluding ortho intramolecular Hbond substituents is 1. The average molecular weight is 250 g/mol. The zero-order valence-electron chi connectivity index (χ0n) is 10.3. The Morgan fingerprint density at radius 1 is 1.33 bits per heavy atom. The molecule has 0 radical (unpaired) electrons. The van der Waals surface area contributed by atoms with Gasteiger partial charge in [0.05, 0.1) is 6.54 Å². The molecule has 0 aliphatic heterocycles. The summed E-state index contributed by atoms with van der Waals surface area (Å²) >= 11 is 0. The Balaban J connectivity index is 2.33. The molecule has 0 saturated heterocycles. The van der Waals surface area contributed by atoms with Gasteiger partial charge in [0.15, 0.2) is 5.96 Å². The SMILES string of the molecule is CCNC(N)=NCCNC(=O)c1ccc(O)cc1. The van der Waals surface area contributed by atoms with E-state index in [-0.39, 0.29) is 11.7 Å². The van der Waals surface area contributed by atoms with Crippen molar-refractivity contribution in [2.75, 3.05) is 19.6 Å². The van der Waals surface area contributed by atoms with Crippen LogP contribution < -0.4 is 16.4 Å². The van der Waals surface area contributed by atoms with Gasteiger partial charge in [-0.25, -0.2) is 0 Å². The molecule has 1 amide bonds. The fourth-order valence-corrected chi connectivity index (χ4v) is 1.30. The first-order chi connectivity index (χ1) is 8.63. The van der Waals surface area contributed by atoms with Crippen LogP contribution >= 0.6 is 0 Å². The normalized spacial score (nSPS) is 11.1.